The van der Waals surface area contributed by atoms with Crippen molar-refractivity contribution in [1.82, 2.24) is 9.77 Å². The Morgan fingerprint density at radius 2 is 1.41 bits per heavy atom. The number of aryl methyl sites for hydroxylation is 1. The van der Waals surface area contributed by atoms with Crippen molar-refractivity contribution >= 4 is 17.5 Å². The monoisotopic (exact) mass is 464 g/mol. The van der Waals surface area contributed by atoms with E-state index >= 15 is 0 Å². The van der Waals surface area contributed by atoms with Crippen LogP contribution in [-0.2, 0) is 0 Å². The highest BCUT2D eigenvalue weighted by Crippen LogP contribution is 2.26. The number of para-hydroxylation sites is 1. The van der Waals surface area contributed by atoms with Gasteiger partial charge in [-0.1, -0.05) is 92.3 Å². The molecule has 0 atom stereocenters. The summed E-state index contributed by atoms with van der Waals surface area (Å²) in [5.74, 6) is 0.835. The van der Waals surface area contributed by atoms with E-state index in [1.54, 1.807) is 28.9 Å². The van der Waals surface area contributed by atoms with E-state index in [1.165, 1.54) is 0 Å². The topological polar surface area (TPSA) is 57.1 Å². The lowest BCUT2D eigenvalue weighted by Crippen LogP contribution is -2.35. The van der Waals surface area contributed by atoms with E-state index in [4.69, 9.17) is 16.7 Å². The van der Waals surface area contributed by atoms with Gasteiger partial charge >= 0.3 is 5.82 Å². The minimum Gasteiger partial charge on any atom is -0.856 e. The van der Waals surface area contributed by atoms with Crippen molar-refractivity contribution in [2.45, 2.75) is 6.92 Å². The summed E-state index contributed by atoms with van der Waals surface area (Å²) in [6.07, 6.45) is 0. The molecule has 0 spiro atoms. The van der Waals surface area contributed by atoms with Gasteiger partial charge in [-0.15, -0.1) is 0 Å². The molecule has 0 unspecified atom stereocenters. The van der Waals surface area contributed by atoms with Gasteiger partial charge in [0.2, 0.25) is 0 Å². The summed E-state index contributed by atoms with van der Waals surface area (Å²) in [4.78, 5) is 0. The second-order valence-electron chi connectivity index (χ2n) is 7.85. The van der Waals surface area contributed by atoms with Crippen molar-refractivity contribution in [2.75, 3.05) is 0 Å². The third-order valence-electron chi connectivity index (χ3n) is 5.42. The maximum absolute atomic E-state index is 13.2. The van der Waals surface area contributed by atoms with Crippen LogP contribution in [0.4, 0.5) is 0 Å². The van der Waals surface area contributed by atoms with Crippen LogP contribution < -0.4 is 9.79 Å². The van der Waals surface area contributed by atoms with E-state index in [1.807, 2.05) is 96.5 Å². The molecule has 5 rings (SSSR count). The molecule has 0 bridgehead atoms. The molecule has 6 heteroatoms. The Morgan fingerprint density at radius 1 is 0.794 bits per heavy atom. The fraction of sp³-hybridized carbons (Fsp3) is 0.0357. The van der Waals surface area contributed by atoms with Crippen molar-refractivity contribution in [2.24, 2.45) is 5.10 Å². The Hall–Kier alpha value is -4.22. The van der Waals surface area contributed by atoms with Gasteiger partial charge in [-0.2, -0.15) is 0 Å². The molecule has 166 valence electrons. The fourth-order valence-corrected chi connectivity index (χ4v) is 3.80. The Balaban J connectivity index is 1.81. The van der Waals surface area contributed by atoms with Crippen molar-refractivity contribution < 1.29 is 9.79 Å². The molecule has 5 aromatic rings. The molecule has 0 radical (unpaired) electrons. The molecule has 0 fully saturated rings. The smallest absolute Gasteiger partial charge is 0.342 e. The number of benzene rings is 4. The molecule has 0 aliphatic rings. The highest BCUT2D eigenvalue weighted by Gasteiger charge is 2.30. The van der Waals surface area contributed by atoms with Crippen LogP contribution in [0.2, 0.25) is 5.02 Å². The van der Waals surface area contributed by atoms with Gasteiger partial charge in [0, 0.05) is 16.5 Å². The molecule has 34 heavy (non-hydrogen) atoms. The zero-order chi connectivity index (χ0) is 23.5. The number of hydrogen-bond donors (Lipinski definition) is 0. The SMILES string of the molecule is Cc1ccc(/C([O-])=N/n2c(-c3ccc(Cl)cc3)n[n+](-c3ccccc3)c2-c2ccccc2)cc1. The van der Waals surface area contributed by atoms with E-state index < -0.39 is 0 Å². The molecule has 0 N–H and O–H groups in total. The zero-order valence-electron chi connectivity index (χ0n) is 18.5. The molecule has 0 saturated heterocycles. The van der Waals surface area contributed by atoms with Gasteiger partial charge in [0.15, 0.2) is 5.69 Å². The van der Waals surface area contributed by atoms with Gasteiger partial charge < -0.3 is 5.11 Å². The maximum atomic E-state index is 13.2. The summed E-state index contributed by atoms with van der Waals surface area (Å²) in [5.41, 5.74) is 4.10. The summed E-state index contributed by atoms with van der Waals surface area (Å²) in [6.45, 7) is 1.98. The number of halogens is 1. The molecule has 0 aliphatic heterocycles. The lowest BCUT2D eigenvalue weighted by Gasteiger charge is -2.09. The Labute approximate surface area is 202 Å². The fourth-order valence-electron chi connectivity index (χ4n) is 3.67. The van der Waals surface area contributed by atoms with E-state index in [0.29, 0.717) is 22.2 Å². The Morgan fingerprint density at radius 3 is 2.06 bits per heavy atom. The van der Waals surface area contributed by atoms with E-state index in [9.17, 15) is 5.11 Å². The third kappa shape index (κ3) is 4.34. The molecule has 0 amide bonds. The average Bonchev–Trinajstić information content (AvgIpc) is 3.25. The number of nitrogens with zero attached hydrogens (tertiary/aromatic N) is 4. The van der Waals surface area contributed by atoms with Crippen LogP contribution in [0, 0.1) is 6.92 Å². The zero-order valence-corrected chi connectivity index (χ0v) is 19.2. The van der Waals surface area contributed by atoms with E-state index in [-0.39, 0.29) is 5.90 Å². The molecule has 5 nitrogen and oxygen atoms in total. The number of aromatic nitrogens is 3. The molecule has 4 aromatic carbocycles. The predicted octanol–water partition coefficient (Wildman–Crippen LogP) is 5.03. The van der Waals surface area contributed by atoms with Crippen LogP contribution in [0.5, 0.6) is 0 Å². The first-order valence-corrected chi connectivity index (χ1v) is 11.2. The first-order valence-electron chi connectivity index (χ1n) is 10.8. The lowest BCUT2D eigenvalue weighted by atomic mass is 10.1. The van der Waals surface area contributed by atoms with Crippen LogP contribution in [0.25, 0.3) is 28.5 Å². The van der Waals surface area contributed by atoms with Gasteiger partial charge in [0.1, 0.15) is 0 Å². The summed E-state index contributed by atoms with van der Waals surface area (Å²) in [6, 6.07) is 34.3. The van der Waals surface area contributed by atoms with Crippen LogP contribution in [0.3, 0.4) is 0 Å². The second-order valence-corrected chi connectivity index (χ2v) is 8.29. The summed E-state index contributed by atoms with van der Waals surface area (Å²) in [5, 5.41) is 23.3. The highest BCUT2D eigenvalue weighted by molar-refractivity contribution is 6.30. The van der Waals surface area contributed by atoms with Crippen LogP contribution in [0.1, 0.15) is 11.1 Å². The normalized spacial score (nSPS) is 11.5. The van der Waals surface area contributed by atoms with E-state index in [0.717, 1.165) is 22.4 Å². The van der Waals surface area contributed by atoms with E-state index in [2.05, 4.69) is 5.10 Å². The van der Waals surface area contributed by atoms with Gasteiger partial charge in [0.05, 0.1) is 5.56 Å². The van der Waals surface area contributed by atoms with Crippen LogP contribution >= 0.6 is 11.6 Å². The molecule has 1 aromatic heterocycles. The van der Waals surface area contributed by atoms with Crippen LogP contribution in [-0.4, -0.2) is 15.7 Å². The Kier molecular flexibility index (Phi) is 5.93. The predicted molar refractivity (Wildman–Crippen MR) is 133 cm³/mol. The van der Waals surface area contributed by atoms with Crippen LogP contribution in [0.15, 0.2) is 114 Å². The summed E-state index contributed by atoms with van der Waals surface area (Å²) >= 11 is 6.13. The van der Waals surface area contributed by atoms with Crippen molar-refractivity contribution in [1.29, 1.82) is 0 Å². The molecule has 0 saturated carbocycles. The van der Waals surface area contributed by atoms with Gasteiger partial charge in [-0.25, -0.2) is 0 Å². The standard InChI is InChI=1S/C28H21ClN4O/c1-20-12-14-22(15-13-20)27(34)31-33-26(21-16-18-24(29)19-17-21)30-32(25-10-6-3-7-11-25)28(33)23-8-4-2-5-9-23/h2-19H,1H3. The summed E-state index contributed by atoms with van der Waals surface area (Å²) < 4.78 is 3.43. The van der Waals surface area contributed by atoms with Crippen molar-refractivity contribution in [3.8, 4) is 28.5 Å². The van der Waals surface area contributed by atoms with Crippen molar-refractivity contribution in [3.05, 3.63) is 125 Å². The number of rotatable bonds is 5. The minimum absolute atomic E-state index is 0.356. The van der Waals surface area contributed by atoms with Crippen molar-refractivity contribution in [3.63, 3.8) is 0 Å². The largest absolute Gasteiger partial charge is 0.856 e. The molecular formula is C28H21ClN4O. The number of hydrogen-bond acceptors (Lipinski definition) is 3. The first-order chi connectivity index (χ1) is 16.6. The van der Waals surface area contributed by atoms with Gasteiger partial charge in [0.25, 0.3) is 5.82 Å². The highest BCUT2D eigenvalue weighted by atomic mass is 35.5. The van der Waals surface area contributed by atoms with Gasteiger partial charge in [-0.3, -0.25) is 0 Å². The average molecular weight is 465 g/mol. The first kappa shape index (κ1) is 21.6. The molecule has 0 aliphatic carbocycles. The quantitative estimate of drug-likeness (QED) is 0.208. The summed E-state index contributed by atoms with van der Waals surface area (Å²) in [7, 11) is 0. The Bertz CT molecular complexity index is 1440. The maximum Gasteiger partial charge on any atom is 0.342 e. The second kappa shape index (κ2) is 9.33. The minimum atomic E-state index is -0.356. The molecule has 1 heterocycles. The lowest BCUT2D eigenvalue weighted by molar-refractivity contribution is -0.645. The molecular weight excluding hydrogens is 444 g/mol. The third-order valence-corrected chi connectivity index (χ3v) is 5.67. The van der Waals surface area contributed by atoms with Gasteiger partial charge in [-0.05, 0) is 66.1 Å².